The van der Waals surface area contributed by atoms with Gasteiger partial charge in [-0.05, 0) is 18.1 Å². The van der Waals surface area contributed by atoms with Gasteiger partial charge in [-0.25, -0.2) is 5.10 Å². The molecule has 6 nitrogen and oxygen atoms in total. The molecule has 1 heterocycles. The summed E-state index contributed by atoms with van der Waals surface area (Å²) in [4.78, 5) is 15.3. The number of rotatable bonds is 4. The summed E-state index contributed by atoms with van der Waals surface area (Å²) in [6, 6.07) is 6.96. The number of nitrogens with one attached hydrogen (secondary N) is 2. The normalized spacial score (nSPS) is 10.1. The highest BCUT2D eigenvalue weighted by molar-refractivity contribution is 5.88. The smallest absolute Gasteiger partial charge is 0.227 e. The quantitative estimate of drug-likeness (QED) is 0.735. The van der Waals surface area contributed by atoms with Crippen LogP contribution in [0, 0.1) is 0 Å². The Kier molecular flexibility index (Phi) is 3.34. The lowest BCUT2D eigenvalue weighted by Gasteiger charge is -2.03. The van der Waals surface area contributed by atoms with E-state index in [0.29, 0.717) is 12.4 Å². The molecule has 88 valence electrons. The number of benzene rings is 1. The van der Waals surface area contributed by atoms with Gasteiger partial charge in [-0.15, -0.1) is 0 Å². The zero-order chi connectivity index (χ0) is 12.1. The molecule has 0 saturated heterocycles. The number of carbonyl (C=O) groups excluding carboxylic acids is 1. The maximum Gasteiger partial charge on any atom is 0.227 e. The summed E-state index contributed by atoms with van der Waals surface area (Å²) in [5.74, 6) is 0.359. The van der Waals surface area contributed by atoms with Crippen LogP contribution < -0.4 is 5.32 Å². The number of anilines is 1. The summed E-state index contributed by atoms with van der Waals surface area (Å²) in [6.45, 7) is 0. The van der Waals surface area contributed by atoms with Crippen LogP contribution in [0.5, 0.6) is 5.75 Å². The van der Waals surface area contributed by atoms with Crippen molar-refractivity contribution in [3.8, 4) is 5.75 Å². The first kappa shape index (κ1) is 11.1. The van der Waals surface area contributed by atoms with Crippen molar-refractivity contribution < 1.29 is 9.90 Å². The van der Waals surface area contributed by atoms with Crippen molar-refractivity contribution in [2.24, 2.45) is 0 Å². The van der Waals surface area contributed by atoms with Crippen molar-refractivity contribution in [1.29, 1.82) is 0 Å². The summed E-state index contributed by atoms with van der Waals surface area (Å²) in [5, 5.41) is 18.2. The number of para-hydroxylation sites is 1. The van der Waals surface area contributed by atoms with Crippen molar-refractivity contribution in [3.63, 3.8) is 0 Å². The number of phenolic OH excluding ortho intramolecular Hbond substituents is 1. The van der Waals surface area contributed by atoms with E-state index in [-0.39, 0.29) is 18.1 Å². The zero-order valence-electron chi connectivity index (χ0n) is 9.05. The lowest BCUT2D eigenvalue weighted by molar-refractivity contribution is -0.116. The van der Waals surface area contributed by atoms with E-state index >= 15 is 0 Å². The minimum atomic E-state index is -0.176. The Morgan fingerprint density at radius 2 is 2.24 bits per heavy atom. The standard InChI is InChI=1S/C11H12N4O2/c16-9-4-2-1-3-8(9)5-6-10(17)14-11-12-7-13-15-11/h1-4,7,16H,5-6H2,(H2,12,13,14,15,17). The molecule has 0 aliphatic rings. The molecule has 0 atom stereocenters. The van der Waals surface area contributed by atoms with Crippen molar-refractivity contribution in [3.05, 3.63) is 36.2 Å². The monoisotopic (exact) mass is 232 g/mol. The van der Waals surface area contributed by atoms with E-state index in [1.54, 1.807) is 18.2 Å². The van der Waals surface area contributed by atoms with Gasteiger partial charge in [-0.3, -0.25) is 10.1 Å². The largest absolute Gasteiger partial charge is 0.508 e. The Balaban J connectivity index is 1.86. The molecule has 1 aromatic carbocycles. The van der Waals surface area contributed by atoms with E-state index in [9.17, 15) is 9.90 Å². The number of aromatic hydroxyl groups is 1. The van der Waals surface area contributed by atoms with Gasteiger partial charge in [-0.2, -0.15) is 10.1 Å². The molecule has 0 fully saturated rings. The fourth-order valence-electron chi connectivity index (χ4n) is 1.43. The average molecular weight is 232 g/mol. The molecule has 2 rings (SSSR count). The molecule has 0 aliphatic carbocycles. The number of aryl methyl sites for hydroxylation is 1. The van der Waals surface area contributed by atoms with Gasteiger partial charge >= 0.3 is 0 Å². The molecule has 1 amide bonds. The number of nitrogens with zero attached hydrogens (tertiary/aromatic N) is 2. The topological polar surface area (TPSA) is 90.9 Å². The van der Waals surface area contributed by atoms with Gasteiger partial charge in [0.1, 0.15) is 12.1 Å². The second kappa shape index (κ2) is 5.11. The maximum absolute atomic E-state index is 11.5. The van der Waals surface area contributed by atoms with Gasteiger partial charge in [-0.1, -0.05) is 18.2 Å². The fraction of sp³-hybridized carbons (Fsp3) is 0.182. The SMILES string of the molecule is O=C(CCc1ccccc1O)Nc1ncn[nH]1. The van der Waals surface area contributed by atoms with Gasteiger partial charge in [0.15, 0.2) is 0 Å². The van der Waals surface area contributed by atoms with Crippen LogP contribution in [0.3, 0.4) is 0 Å². The van der Waals surface area contributed by atoms with E-state index in [1.807, 2.05) is 6.07 Å². The van der Waals surface area contributed by atoms with Crippen LogP contribution in [0.4, 0.5) is 5.95 Å². The molecule has 0 spiro atoms. The van der Waals surface area contributed by atoms with E-state index < -0.39 is 0 Å². The number of carbonyl (C=O) groups is 1. The lowest BCUT2D eigenvalue weighted by atomic mass is 10.1. The third-order valence-corrected chi connectivity index (χ3v) is 2.29. The number of hydrogen-bond acceptors (Lipinski definition) is 4. The Labute approximate surface area is 97.7 Å². The molecule has 2 aromatic rings. The van der Waals surface area contributed by atoms with Crippen molar-refractivity contribution in [1.82, 2.24) is 15.2 Å². The van der Waals surface area contributed by atoms with Crippen LogP contribution in [0.1, 0.15) is 12.0 Å². The molecule has 1 aromatic heterocycles. The highest BCUT2D eigenvalue weighted by Crippen LogP contribution is 2.17. The van der Waals surface area contributed by atoms with Crippen LogP contribution >= 0.6 is 0 Å². The van der Waals surface area contributed by atoms with E-state index in [2.05, 4.69) is 20.5 Å². The van der Waals surface area contributed by atoms with Gasteiger partial charge < -0.3 is 5.11 Å². The summed E-state index contributed by atoms with van der Waals surface area (Å²) in [5.41, 5.74) is 0.750. The first-order valence-electron chi connectivity index (χ1n) is 5.18. The molecule has 17 heavy (non-hydrogen) atoms. The van der Waals surface area contributed by atoms with Gasteiger partial charge in [0.05, 0.1) is 0 Å². The van der Waals surface area contributed by atoms with Gasteiger partial charge in [0, 0.05) is 6.42 Å². The van der Waals surface area contributed by atoms with Crippen LogP contribution in [-0.4, -0.2) is 26.2 Å². The van der Waals surface area contributed by atoms with E-state index in [1.165, 1.54) is 6.33 Å². The maximum atomic E-state index is 11.5. The number of hydrogen-bond donors (Lipinski definition) is 3. The summed E-state index contributed by atoms with van der Waals surface area (Å²) >= 11 is 0. The Hall–Kier alpha value is -2.37. The molecule has 3 N–H and O–H groups in total. The number of H-pyrrole nitrogens is 1. The second-order valence-corrected chi connectivity index (χ2v) is 3.51. The van der Waals surface area contributed by atoms with Crippen molar-refractivity contribution in [2.75, 3.05) is 5.32 Å². The number of aromatic amines is 1. The highest BCUT2D eigenvalue weighted by Gasteiger charge is 2.06. The summed E-state index contributed by atoms with van der Waals surface area (Å²) in [6.07, 6.45) is 2.07. The molecule has 0 aliphatic heterocycles. The first-order valence-corrected chi connectivity index (χ1v) is 5.18. The minimum Gasteiger partial charge on any atom is -0.508 e. The highest BCUT2D eigenvalue weighted by atomic mass is 16.3. The molecule has 0 saturated carbocycles. The van der Waals surface area contributed by atoms with E-state index in [4.69, 9.17) is 0 Å². The third kappa shape index (κ3) is 3.04. The summed E-state index contributed by atoms with van der Waals surface area (Å²) in [7, 11) is 0. The second-order valence-electron chi connectivity index (χ2n) is 3.51. The Bertz CT molecular complexity index is 496. The van der Waals surface area contributed by atoms with Crippen LogP contribution in [0.25, 0.3) is 0 Å². The Morgan fingerprint density at radius 3 is 2.94 bits per heavy atom. The molecular formula is C11H12N4O2. The number of aromatic nitrogens is 3. The van der Waals surface area contributed by atoms with Crippen LogP contribution in [-0.2, 0) is 11.2 Å². The summed E-state index contributed by atoms with van der Waals surface area (Å²) < 4.78 is 0. The first-order chi connectivity index (χ1) is 8.25. The zero-order valence-corrected chi connectivity index (χ0v) is 9.05. The Morgan fingerprint density at radius 1 is 1.41 bits per heavy atom. The van der Waals surface area contributed by atoms with Gasteiger partial charge in [0.2, 0.25) is 11.9 Å². The fourth-order valence-corrected chi connectivity index (χ4v) is 1.43. The molecule has 6 heteroatoms. The molecule has 0 bridgehead atoms. The molecular weight excluding hydrogens is 220 g/mol. The number of amides is 1. The predicted molar refractivity (Wildman–Crippen MR) is 61.4 cm³/mol. The predicted octanol–water partition coefficient (Wildman–Crippen LogP) is 1.08. The van der Waals surface area contributed by atoms with E-state index in [0.717, 1.165) is 5.56 Å². The van der Waals surface area contributed by atoms with Crippen LogP contribution in [0.2, 0.25) is 0 Å². The number of phenols is 1. The average Bonchev–Trinajstić information content (AvgIpc) is 2.81. The molecule has 0 radical (unpaired) electrons. The van der Waals surface area contributed by atoms with Gasteiger partial charge in [0.25, 0.3) is 0 Å². The minimum absolute atomic E-state index is 0.176. The van der Waals surface area contributed by atoms with Crippen molar-refractivity contribution in [2.45, 2.75) is 12.8 Å². The third-order valence-electron chi connectivity index (χ3n) is 2.29. The van der Waals surface area contributed by atoms with Crippen molar-refractivity contribution >= 4 is 11.9 Å². The molecule has 0 unspecified atom stereocenters. The lowest BCUT2D eigenvalue weighted by Crippen LogP contribution is -2.13. The van der Waals surface area contributed by atoms with Crippen LogP contribution in [0.15, 0.2) is 30.6 Å².